The molecular weight excluding hydrogens is 618 g/mol. The number of aromatic nitrogens is 3. The van der Waals surface area contributed by atoms with Crippen LogP contribution in [0.4, 0.5) is 10.7 Å². The molecule has 2 aromatic carbocycles. The van der Waals surface area contributed by atoms with Gasteiger partial charge in [-0.15, -0.1) is 0 Å². The number of ketones is 1. The first-order chi connectivity index (χ1) is 22.6. The van der Waals surface area contributed by atoms with Crippen molar-refractivity contribution in [2.45, 2.75) is 19.6 Å². The molecule has 0 saturated carbocycles. The molecule has 248 valence electrons. The molecule has 0 fully saturated rings. The number of ether oxygens (including phenoxy) is 5. The SMILES string of the molecule is COc1cc2c(cc1OC)-c1c(c3cc(OC)c(OC)cc3c(=O)n1CCCN(CCO)C(=O)OCc1cnc([N+](=O)[O-])n1C)C2=O. The summed E-state index contributed by atoms with van der Waals surface area (Å²) in [5.41, 5.74) is 1.38. The smallest absolute Gasteiger partial charge is 0.434 e. The maximum Gasteiger partial charge on any atom is 0.434 e. The van der Waals surface area contributed by atoms with E-state index in [1.807, 2.05) is 0 Å². The maximum absolute atomic E-state index is 14.1. The highest BCUT2D eigenvalue weighted by Gasteiger charge is 2.35. The summed E-state index contributed by atoms with van der Waals surface area (Å²) in [6.07, 6.45) is 0.699. The number of amides is 1. The third-order valence-electron chi connectivity index (χ3n) is 8.03. The quantitative estimate of drug-likeness (QED) is 0.145. The van der Waals surface area contributed by atoms with E-state index in [1.54, 1.807) is 18.2 Å². The van der Waals surface area contributed by atoms with Gasteiger partial charge in [-0.2, -0.15) is 0 Å². The van der Waals surface area contributed by atoms with Crippen LogP contribution >= 0.6 is 0 Å². The molecule has 2 aromatic heterocycles. The lowest BCUT2D eigenvalue weighted by Crippen LogP contribution is -2.36. The van der Waals surface area contributed by atoms with Gasteiger partial charge in [0.1, 0.15) is 6.20 Å². The van der Waals surface area contributed by atoms with Gasteiger partial charge < -0.3 is 48.4 Å². The van der Waals surface area contributed by atoms with Crippen molar-refractivity contribution >= 4 is 28.6 Å². The number of aliphatic hydroxyl groups is 1. The number of carbonyl (C=O) groups is 2. The number of pyridine rings is 1. The number of nitro groups is 1. The fourth-order valence-corrected chi connectivity index (χ4v) is 5.69. The van der Waals surface area contributed by atoms with Gasteiger partial charge in [0.05, 0.1) is 58.7 Å². The van der Waals surface area contributed by atoms with Crippen molar-refractivity contribution < 1.29 is 43.3 Å². The van der Waals surface area contributed by atoms with E-state index in [2.05, 4.69) is 4.98 Å². The van der Waals surface area contributed by atoms with Crippen molar-refractivity contribution in [3.05, 3.63) is 67.8 Å². The van der Waals surface area contributed by atoms with E-state index in [0.29, 0.717) is 56.5 Å². The van der Waals surface area contributed by atoms with E-state index >= 15 is 0 Å². The third-order valence-corrected chi connectivity index (χ3v) is 8.03. The number of aliphatic hydroxyl groups excluding tert-OH is 1. The Balaban J connectivity index is 1.50. The topological polar surface area (TPSA) is 187 Å². The Morgan fingerprint density at radius 3 is 2.11 bits per heavy atom. The average Bonchev–Trinajstić information content (AvgIpc) is 3.59. The zero-order valence-corrected chi connectivity index (χ0v) is 26.4. The molecule has 5 rings (SSSR count). The number of rotatable bonds is 13. The summed E-state index contributed by atoms with van der Waals surface area (Å²) in [6.45, 7) is -0.559. The number of hydrogen-bond acceptors (Lipinski definition) is 12. The lowest BCUT2D eigenvalue weighted by Gasteiger charge is -2.22. The van der Waals surface area contributed by atoms with Crippen LogP contribution in [0.15, 0.2) is 35.3 Å². The van der Waals surface area contributed by atoms with Crippen LogP contribution in [0.3, 0.4) is 0 Å². The normalized spacial score (nSPS) is 11.7. The summed E-state index contributed by atoms with van der Waals surface area (Å²) >= 11 is 0. The molecule has 4 aromatic rings. The van der Waals surface area contributed by atoms with Gasteiger partial charge in [-0.3, -0.25) is 9.59 Å². The number of nitrogens with zero attached hydrogens (tertiary/aromatic N) is 5. The average molecular weight is 652 g/mol. The van der Waals surface area contributed by atoms with Gasteiger partial charge in [0.2, 0.25) is 0 Å². The fraction of sp³-hybridized carbons (Fsp3) is 0.355. The summed E-state index contributed by atoms with van der Waals surface area (Å²) in [5, 5.41) is 21.3. The van der Waals surface area contributed by atoms with Crippen LogP contribution in [0.25, 0.3) is 22.0 Å². The van der Waals surface area contributed by atoms with Gasteiger partial charge in [-0.1, -0.05) is 4.98 Å². The number of carbonyl (C=O) groups excluding carboxylic acids is 2. The third kappa shape index (κ3) is 5.78. The van der Waals surface area contributed by atoms with Gasteiger partial charge in [-0.25, -0.2) is 9.36 Å². The minimum Gasteiger partial charge on any atom is -0.493 e. The Bertz CT molecular complexity index is 1950. The Kier molecular flexibility index (Phi) is 9.32. The highest BCUT2D eigenvalue weighted by Crippen LogP contribution is 2.45. The predicted octanol–water partition coefficient (Wildman–Crippen LogP) is 2.91. The highest BCUT2D eigenvalue weighted by atomic mass is 16.6. The van der Waals surface area contributed by atoms with Crippen LogP contribution in [0.5, 0.6) is 23.0 Å². The first kappa shape index (κ1) is 32.7. The Labute approximate surface area is 267 Å². The summed E-state index contributed by atoms with van der Waals surface area (Å²) in [6, 6.07) is 6.36. The van der Waals surface area contributed by atoms with Crippen molar-refractivity contribution in [1.82, 2.24) is 19.0 Å². The number of imidazole rings is 1. The second-order valence-corrected chi connectivity index (χ2v) is 10.5. The standard InChI is InChI=1S/C31H33N5O11/c1-33-17(15-32-30(33)36(41)42)16-47-31(40)34(9-10-37)7-6-8-35-27-19-12-23(44-3)24(45-4)13-20(19)28(38)26(27)18-11-22(43-2)25(46-5)14-21(18)29(35)39/h11-15,37H,6-10,16H2,1-5H3. The monoisotopic (exact) mass is 651 g/mol. The minimum absolute atomic E-state index is 0.0651. The van der Waals surface area contributed by atoms with Gasteiger partial charge >= 0.3 is 12.0 Å². The van der Waals surface area contributed by atoms with Crippen LogP contribution < -0.4 is 24.5 Å². The van der Waals surface area contributed by atoms with E-state index < -0.39 is 22.5 Å². The molecule has 0 bridgehead atoms. The Morgan fingerprint density at radius 2 is 1.53 bits per heavy atom. The molecular formula is C31H33N5O11. The van der Waals surface area contributed by atoms with Crippen molar-refractivity contribution in [2.75, 3.05) is 48.1 Å². The van der Waals surface area contributed by atoms with Crippen LogP contribution in [0.1, 0.15) is 28.0 Å². The van der Waals surface area contributed by atoms with Crippen molar-refractivity contribution in [3.63, 3.8) is 0 Å². The molecule has 0 atom stereocenters. The maximum atomic E-state index is 14.1. The van der Waals surface area contributed by atoms with Gasteiger partial charge in [0.15, 0.2) is 41.1 Å². The molecule has 47 heavy (non-hydrogen) atoms. The predicted molar refractivity (Wildman–Crippen MR) is 167 cm³/mol. The first-order valence-electron chi connectivity index (χ1n) is 14.4. The van der Waals surface area contributed by atoms with E-state index in [1.165, 1.54) is 61.8 Å². The fourth-order valence-electron chi connectivity index (χ4n) is 5.69. The number of benzene rings is 2. The van der Waals surface area contributed by atoms with E-state index in [9.17, 15) is 29.6 Å². The van der Waals surface area contributed by atoms with Crippen molar-refractivity contribution in [2.24, 2.45) is 7.05 Å². The van der Waals surface area contributed by atoms with Gasteiger partial charge in [0.25, 0.3) is 5.56 Å². The van der Waals surface area contributed by atoms with Gasteiger partial charge in [0, 0.05) is 36.1 Å². The van der Waals surface area contributed by atoms with Crippen molar-refractivity contribution in [3.8, 4) is 34.3 Å². The number of hydrogen-bond donors (Lipinski definition) is 1. The van der Waals surface area contributed by atoms with Crippen LogP contribution in [0.2, 0.25) is 0 Å². The Hall–Kier alpha value is -5.64. The van der Waals surface area contributed by atoms with E-state index in [0.717, 1.165) is 0 Å². The molecule has 0 unspecified atom stereocenters. The molecule has 0 aliphatic heterocycles. The molecule has 16 heteroatoms. The van der Waals surface area contributed by atoms with E-state index in [4.69, 9.17) is 23.7 Å². The van der Waals surface area contributed by atoms with Crippen molar-refractivity contribution in [1.29, 1.82) is 0 Å². The molecule has 1 amide bonds. The molecule has 1 aliphatic carbocycles. The number of fused-ring (bicyclic) bond motifs is 5. The Morgan fingerprint density at radius 1 is 0.936 bits per heavy atom. The lowest BCUT2D eigenvalue weighted by atomic mass is 10.0. The van der Waals surface area contributed by atoms with Gasteiger partial charge in [-0.05, 0) is 35.6 Å². The second-order valence-electron chi connectivity index (χ2n) is 10.5. The summed E-state index contributed by atoms with van der Waals surface area (Å²) in [4.78, 5) is 56.5. The van der Waals surface area contributed by atoms with Crippen LogP contribution in [0, 0.1) is 10.1 Å². The minimum atomic E-state index is -0.770. The van der Waals surface area contributed by atoms with Crippen LogP contribution in [-0.2, 0) is 24.9 Å². The molecule has 0 saturated heterocycles. The largest absolute Gasteiger partial charge is 0.493 e. The summed E-state index contributed by atoms with van der Waals surface area (Å²) < 4.78 is 29.9. The molecule has 2 heterocycles. The molecule has 0 radical (unpaired) electrons. The molecule has 1 aliphatic rings. The molecule has 0 spiro atoms. The summed E-state index contributed by atoms with van der Waals surface area (Å²) in [7, 11) is 7.26. The molecule has 16 nitrogen and oxygen atoms in total. The zero-order valence-electron chi connectivity index (χ0n) is 26.4. The lowest BCUT2D eigenvalue weighted by molar-refractivity contribution is -0.396. The van der Waals surface area contributed by atoms with Crippen LogP contribution in [-0.4, -0.2) is 89.1 Å². The zero-order chi connectivity index (χ0) is 34.0. The van der Waals surface area contributed by atoms with E-state index in [-0.39, 0.29) is 50.4 Å². The second kappa shape index (κ2) is 13.4. The highest BCUT2D eigenvalue weighted by molar-refractivity contribution is 6.27. The molecule has 1 N–H and O–H groups in total. The number of methoxy groups -OCH3 is 4. The first-order valence-corrected chi connectivity index (χ1v) is 14.4. The summed E-state index contributed by atoms with van der Waals surface area (Å²) in [5.74, 6) is 0.659.